The van der Waals surface area contributed by atoms with Gasteiger partial charge in [0.1, 0.15) is 0 Å². The molecule has 6 heteroatoms. The van der Waals surface area contributed by atoms with Crippen LogP contribution in [-0.4, -0.2) is 17.3 Å². The lowest BCUT2D eigenvalue weighted by atomic mass is 10.0. The number of carboxylic acid groups (broad SMARTS) is 1. The van der Waals surface area contributed by atoms with E-state index in [4.69, 9.17) is 5.11 Å². The van der Waals surface area contributed by atoms with Crippen LogP contribution >= 0.6 is 11.8 Å². The van der Waals surface area contributed by atoms with Crippen LogP contribution in [0.3, 0.4) is 0 Å². The van der Waals surface area contributed by atoms with Crippen molar-refractivity contribution in [3.63, 3.8) is 0 Å². The van der Waals surface area contributed by atoms with Gasteiger partial charge in [-0.1, -0.05) is 0 Å². The molecule has 0 fully saturated rings. The summed E-state index contributed by atoms with van der Waals surface area (Å²) in [5, 5.41) is 8.55. The third-order valence-corrected chi connectivity index (χ3v) is 2.68. The Labute approximate surface area is 94.5 Å². The highest BCUT2D eigenvalue weighted by atomic mass is 32.2. The Morgan fingerprint density at radius 2 is 2.06 bits per heavy atom. The monoisotopic (exact) mass is 250 g/mol. The summed E-state index contributed by atoms with van der Waals surface area (Å²) in [4.78, 5) is 11.1. The van der Waals surface area contributed by atoms with Crippen LogP contribution in [0.15, 0.2) is 23.1 Å². The van der Waals surface area contributed by atoms with Crippen LogP contribution in [0.1, 0.15) is 11.1 Å². The summed E-state index contributed by atoms with van der Waals surface area (Å²) in [6.45, 7) is 0. The van der Waals surface area contributed by atoms with Gasteiger partial charge in [-0.25, -0.2) is 0 Å². The maximum atomic E-state index is 12.5. The van der Waals surface area contributed by atoms with E-state index in [1.807, 2.05) is 0 Å². The summed E-state index contributed by atoms with van der Waals surface area (Å²) in [5.74, 6) is -1.27. The summed E-state index contributed by atoms with van der Waals surface area (Å²) in [7, 11) is 0. The zero-order valence-electron chi connectivity index (χ0n) is 8.34. The minimum absolute atomic E-state index is 0.202. The largest absolute Gasteiger partial charge is 0.481 e. The first-order valence-electron chi connectivity index (χ1n) is 4.30. The Bertz CT molecular complexity index is 402. The van der Waals surface area contributed by atoms with Crippen molar-refractivity contribution in [1.82, 2.24) is 0 Å². The molecule has 0 heterocycles. The minimum Gasteiger partial charge on any atom is -0.481 e. The zero-order valence-corrected chi connectivity index (χ0v) is 9.15. The highest BCUT2D eigenvalue weighted by Gasteiger charge is 2.33. The van der Waals surface area contributed by atoms with E-state index in [9.17, 15) is 18.0 Å². The first-order chi connectivity index (χ1) is 7.34. The molecule has 1 aromatic rings. The number of benzene rings is 1. The van der Waals surface area contributed by atoms with Gasteiger partial charge in [-0.05, 0) is 30.0 Å². The van der Waals surface area contributed by atoms with Crippen molar-refractivity contribution in [2.24, 2.45) is 0 Å². The first-order valence-corrected chi connectivity index (χ1v) is 5.53. The molecule has 0 amide bonds. The Morgan fingerprint density at radius 1 is 1.44 bits per heavy atom. The molecule has 0 unspecified atom stereocenters. The van der Waals surface area contributed by atoms with Crippen molar-refractivity contribution < 1.29 is 23.1 Å². The van der Waals surface area contributed by atoms with Gasteiger partial charge in [-0.2, -0.15) is 13.2 Å². The van der Waals surface area contributed by atoms with E-state index in [2.05, 4.69) is 0 Å². The second-order valence-electron chi connectivity index (χ2n) is 3.09. The molecule has 1 aromatic carbocycles. The van der Waals surface area contributed by atoms with E-state index in [0.29, 0.717) is 4.90 Å². The lowest BCUT2D eigenvalue weighted by Crippen LogP contribution is -2.12. The molecule has 0 aliphatic carbocycles. The SMILES string of the molecule is CSc1ccc(C(F)(F)F)c(CC(=O)O)c1. The fourth-order valence-electron chi connectivity index (χ4n) is 1.28. The van der Waals surface area contributed by atoms with Crippen LogP contribution in [0.5, 0.6) is 0 Å². The molecule has 1 rings (SSSR count). The molecule has 0 spiro atoms. The van der Waals surface area contributed by atoms with Gasteiger partial charge in [-0.3, -0.25) is 4.79 Å². The fraction of sp³-hybridized carbons (Fsp3) is 0.300. The van der Waals surface area contributed by atoms with E-state index >= 15 is 0 Å². The molecule has 1 N–H and O–H groups in total. The van der Waals surface area contributed by atoms with Gasteiger partial charge >= 0.3 is 12.1 Å². The van der Waals surface area contributed by atoms with Gasteiger partial charge in [0.05, 0.1) is 12.0 Å². The molecule has 2 nitrogen and oxygen atoms in total. The van der Waals surface area contributed by atoms with E-state index < -0.39 is 24.1 Å². The number of carboxylic acids is 1. The number of aliphatic carboxylic acids is 1. The molecule has 88 valence electrons. The van der Waals surface area contributed by atoms with Gasteiger partial charge in [0, 0.05) is 4.90 Å². The molecule has 0 bridgehead atoms. The maximum Gasteiger partial charge on any atom is 0.416 e. The predicted molar refractivity (Wildman–Crippen MR) is 54.6 cm³/mol. The molecule has 0 aliphatic heterocycles. The number of hydrogen-bond donors (Lipinski definition) is 1. The van der Waals surface area contributed by atoms with E-state index in [1.54, 1.807) is 6.26 Å². The van der Waals surface area contributed by atoms with Crippen molar-refractivity contribution in [1.29, 1.82) is 0 Å². The number of hydrogen-bond acceptors (Lipinski definition) is 2. The van der Waals surface area contributed by atoms with Crippen molar-refractivity contribution in [2.45, 2.75) is 17.5 Å². The highest BCUT2D eigenvalue weighted by molar-refractivity contribution is 7.98. The Hall–Kier alpha value is -1.17. The van der Waals surface area contributed by atoms with Crippen molar-refractivity contribution in [3.8, 4) is 0 Å². The molecule has 0 saturated heterocycles. The Kier molecular flexibility index (Phi) is 3.85. The molecule has 0 aromatic heterocycles. The summed E-state index contributed by atoms with van der Waals surface area (Å²) in [5.41, 5.74) is -1.08. The van der Waals surface area contributed by atoms with E-state index in [-0.39, 0.29) is 5.56 Å². The van der Waals surface area contributed by atoms with Crippen molar-refractivity contribution in [2.75, 3.05) is 6.26 Å². The molecular weight excluding hydrogens is 241 g/mol. The third-order valence-electron chi connectivity index (χ3n) is 1.96. The van der Waals surface area contributed by atoms with Gasteiger partial charge in [0.2, 0.25) is 0 Å². The van der Waals surface area contributed by atoms with Crippen LogP contribution in [0.4, 0.5) is 13.2 Å². The summed E-state index contributed by atoms with van der Waals surface area (Å²) in [6.07, 6.45) is -3.42. The normalized spacial score (nSPS) is 11.5. The lowest BCUT2D eigenvalue weighted by molar-refractivity contribution is -0.139. The molecule has 0 atom stereocenters. The van der Waals surface area contributed by atoms with Crippen molar-refractivity contribution >= 4 is 17.7 Å². The van der Waals surface area contributed by atoms with Crippen molar-refractivity contribution in [3.05, 3.63) is 29.3 Å². The molecule has 16 heavy (non-hydrogen) atoms. The van der Waals surface area contributed by atoms with Gasteiger partial charge in [0.15, 0.2) is 0 Å². The second kappa shape index (κ2) is 4.78. The highest BCUT2D eigenvalue weighted by Crippen LogP contribution is 2.34. The smallest absolute Gasteiger partial charge is 0.416 e. The topological polar surface area (TPSA) is 37.3 Å². The number of thioether (sulfide) groups is 1. The average molecular weight is 250 g/mol. The van der Waals surface area contributed by atoms with E-state index in [0.717, 1.165) is 6.07 Å². The van der Waals surface area contributed by atoms with Crippen LogP contribution in [0.2, 0.25) is 0 Å². The fourth-order valence-corrected chi connectivity index (χ4v) is 1.75. The van der Waals surface area contributed by atoms with Crippen LogP contribution < -0.4 is 0 Å². The van der Waals surface area contributed by atoms with Crippen LogP contribution in [0.25, 0.3) is 0 Å². The Balaban J connectivity index is 3.21. The maximum absolute atomic E-state index is 12.5. The summed E-state index contributed by atoms with van der Waals surface area (Å²) in [6, 6.07) is 3.52. The van der Waals surface area contributed by atoms with Crippen LogP contribution in [-0.2, 0) is 17.4 Å². The number of halogens is 3. The predicted octanol–water partition coefficient (Wildman–Crippen LogP) is 3.05. The number of carbonyl (C=O) groups is 1. The first kappa shape index (κ1) is 12.9. The van der Waals surface area contributed by atoms with Crippen LogP contribution in [0, 0.1) is 0 Å². The third kappa shape index (κ3) is 3.16. The van der Waals surface area contributed by atoms with E-state index in [1.165, 1.54) is 23.9 Å². The minimum atomic E-state index is -4.51. The molecule has 0 saturated carbocycles. The van der Waals surface area contributed by atoms with Gasteiger partial charge in [0.25, 0.3) is 0 Å². The van der Waals surface area contributed by atoms with Gasteiger partial charge < -0.3 is 5.11 Å². The molecular formula is C10H9F3O2S. The average Bonchev–Trinajstić information content (AvgIpc) is 2.14. The summed E-state index contributed by atoms with van der Waals surface area (Å²) < 4.78 is 37.6. The second-order valence-corrected chi connectivity index (χ2v) is 3.97. The summed E-state index contributed by atoms with van der Waals surface area (Å²) >= 11 is 1.27. The zero-order chi connectivity index (χ0) is 12.3. The van der Waals surface area contributed by atoms with Gasteiger partial charge in [-0.15, -0.1) is 11.8 Å². The number of alkyl halides is 3. The number of rotatable bonds is 3. The standard InChI is InChI=1S/C10H9F3O2S/c1-16-7-2-3-8(10(11,12)13)6(4-7)5-9(14)15/h2-4H,5H2,1H3,(H,14,15). The molecule has 0 aliphatic rings. The lowest BCUT2D eigenvalue weighted by Gasteiger charge is -2.12. The Morgan fingerprint density at radius 3 is 2.50 bits per heavy atom. The quantitative estimate of drug-likeness (QED) is 0.838. The molecule has 0 radical (unpaired) electrons.